The number of hydrogen-bond acceptors (Lipinski definition) is 3. The lowest BCUT2D eigenvalue weighted by Crippen LogP contribution is -1.99. The van der Waals surface area contributed by atoms with Gasteiger partial charge in [0.05, 0.1) is 5.69 Å². The fourth-order valence-electron chi connectivity index (χ4n) is 2.36. The first-order valence-corrected chi connectivity index (χ1v) is 6.71. The van der Waals surface area contributed by atoms with Gasteiger partial charge in [-0.25, -0.2) is 4.79 Å². The molecule has 1 aromatic carbocycles. The number of aliphatic imine (C=N–C) groups is 1. The molecule has 2 aromatic rings. The molecule has 110 valence electrons. The van der Waals surface area contributed by atoms with Crippen LogP contribution in [0.1, 0.15) is 34.2 Å². The molecule has 5 heteroatoms. The molecule has 0 saturated carbocycles. The van der Waals surface area contributed by atoms with Gasteiger partial charge in [-0.2, -0.15) is 0 Å². The minimum Gasteiger partial charge on any atom is -0.507 e. The van der Waals surface area contributed by atoms with Crippen molar-refractivity contribution in [2.24, 2.45) is 4.99 Å². The summed E-state index contributed by atoms with van der Waals surface area (Å²) in [7, 11) is 0. The Labute approximate surface area is 123 Å². The van der Waals surface area contributed by atoms with Gasteiger partial charge in [0, 0.05) is 29.7 Å². The Morgan fingerprint density at radius 3 is 2.62 bits per heavy atom. The van der Waals surface area contributed by atoms with Crippen LogP contribution in [0.5, 0.6) is 5.75 Å². The molecule has 0 spiro atoms. The highest BCUT2D eigenvalue weighted by Crippen LogP contribution is 2.23. The van der Waals surface area contributed by atoms with Gasteiger partial charge in [0.25, 0.3) is 0 Å². The van der Waals surface area contributed by atoms with E-state index in [-0.39, 0.29) is 11.3 Å². The molecule has 2 N–H and O–H groups in total. The van der Waals surface area contributed by atoms with Crippen LogP contribution >= 0.6 is 0 Å². The van der Waals surface area contributed by atoms with E-state index in [9.17, 15) is 9.90 Å². The summed E-state index contributed by atoms with van der Waals surface area (Å²) in [6.45, 7) is 7.04. The molecule has 0 fully saturated rings. The highest BCUT2D eigenvalue weighted by molar-refractivity contribution is 5.92. The lowest BCUT2D eigenvalue weighted by atomic mass is 10.2. The van der Waals surface area contributed by atoms with E-state index < -0.39 is 5.97 Å². The minimum atomic E-state index is -1.17. The number of aryl methyl sites for hydroxylation is 1. The van der Waals surface area contributed by atoms with Gasteiger partial charge in [0.15, 0.2) is 0 Å². The highest BCUT2D eigenvalue weighted by Gasteiger charge is 2.10. The van der Waals surface area contributed by atoms with E-state index in [0.717, 1.165) is 23.5 Å². The smallest absolute Gasteiger partial charge is 0.339 e. The Kier molecular flexibility index (Phi) is 4.12. The van der Waals surface area contributed by atoms with Gasteiger partial charge in [-0.3, -0.25) is 4.99 Å². The third-order valence-corrected chi connectivity index (χ3v) is 3.49. The number of aromatic hydroxyl groups is 1. The molecule has 0 aliphatic heterocycles. The quantitative estimate of drug-likeness (QED) is 0.847. The maximum Gasteiger partial charge on any atom is 0.339 e. The van der Waals surface area contributed by atoms with Gasteiger partial charge in [-0.05, 0) is 45.0 Å². The maximum absolute atomic E-state index is 11.0. The summed E-state index contributed by atoms with van der Waals surface area (Å²) < 4.78 is 2.18. The van der Waals surface area contributed by atoms with Crippen LogP contribution in [0.25, 0.3) is 0 Å². The van der Waals surface area contributed by atoms with Crippen molar-refractivity contribution >= 4 is 17.9 Å². The normalized spacial score (nSPS) is 11.2. The van der Waals surface area contributed by atoms with E-state index in [1.165, 1.54) is 12.1 Å². The fourth-order valence-corrected chi connectivity index (χ4v) is 2.36. The Hall–Kier alpha value is -2.56. The molecule has 0 aliphatic carbocycles. The SMILES string of the molecule is CCn1c(C)cc(C=Nc2ccc(O)c(C(=O)O)c2)c1C. The second-order valence-corrected chi connectivity index (χ2v) is 4.84. The Balaban J connectivity index is 2.34. The summed E-state index contributed by atoms with van der Waals surface area (Å²) in [6, 6.07) is 6.32. The first kappa shape index (κ1) is 14.8. The van der Waals surface area contributed by atoms with Gasteiger partial charge in [0.1, 0.15) is 11.3 Å². The molecular weight excluding hydrogens is 268 g/mol. The second-order valence-electron chi connectivity index (χ2n) is 4.84. The van der Waals surface area contributed by atoms with Gasteiger partial charge in [-0.15, -0.1) is 0 Å². The van der Waals surface area contributed by atoms with Crippen LogP contribution in [0.15, 0.2) is 29.3 Å². The summed E-state index contributed by atoms with van der Waals surface area (Å²) in [5, 5.41) is 18.4. The van der Waals surface area contributed by atoms with E-state index in [1.54, 1.807) is 12.3 Å². The third kappa shape index (κ3) is 2.97. The van der Waals surface area contributed by atoms with Crippen LogP contribution in [0.4, 0.5) is 5.69 Å². The van der Waals surface area contributed by atoms with Gasteiger partial charge < -0.3 is 14.8 Å². The number of aromatic nitrogens is 1. The van der Waals surface area contributed by atoms with Crippen molar-refractivity contribution in [2.45, 2.75) is 27.3 Å². The van der Waals surface area contributed by atoms with Crippen molar-refractivity contribution in [1.29, 1.82) is 0 Å². The number of carboxylic acids is 1. The van der Waals surface area contributed by atoms with E-state index >= 15 is 0 Å². The van der Waals surface area contributed by atoms with Crippen molar-refractivity contribution in [3.05, 3.63) is 46.8 Å². The predicted molar refractivity (Wildman–Crippen MR) is 81.9 cm³/mol. The van der Waals surface area contributed by atoms with Gasteiger partial charge in [-0.1, -0.05) is 0 Å². The van der Waals surface area contributed by atoms with Crippen molar-refractivity contribution in [1.82, 2.24) is 4.57 Å². The maximum atomic E-state index is 11.0. The van der Waals surface area contributed by atoms with Crippen LogP contribution in [0.2, 0.25) is 0 Å². The number of carboxylic acid groups (broad SMARTS) is 1. The molecule has 1 heterocycles. The van der Waals surface area contributed by atoms with Gasteiger partial charge >= 0.3 is 5.97 Å². The molecule has 0 radical (unpaired) electrons. The van der Waals surface area contributed by atoms with Crippen molar-refractivity contribution in [2.75, 3.05) is 0 Å². The van der Waals surface area contributed by atoms with Crippen LogP contribution in [-0.2, 0) is 6.54 Å². The average molecular weight is 286 g/mol. The molecule has 5 nitrogen and oxygen atoms in total. The zero-order valence-electron chi connectivity index (χ0n) is 12.3. The second kappa shape index (κ2) is 5.83. The molecule has 0 amide bonds. The Morgan fingerprint density at radius 2 is 2.05 bits per heavy atom. The summed E-state index contributed by atoms with van der Waals surface area (Å²) in [5.41, 5.74) is 3.62. The number of hydrogen-bond donors (Lipinski definition) is 2. The topological polar surface area (TPSA) is 74.8 Å². The van der Waals surface area contributed by atoms with E-state index in [1.807, 2.05) is 19.9 Å². The molecule has 21 heavy (non-hydrogen) atoms. The first-order chi connectivity index (χ1) is 9.93. The number of phenols is 1. The molecule has 0 bridgehead atoms. The van der Waals surface area contributed by atoms with Gasteiger partial charge in [0.2, 0.25) is 0 Å². The van der Waals surface area contributed by atoms with E-state index in [4.69, 9.17) is 5.11 Å². The molecule has 0 unspecified atom stereocenters. The Bertz CT molecular complexity index is 715. The molecular formula is C16H18N2O3. The third-order valence-electron chi connectivity index (χ3n) is 3.49. The van der Waals surface area contributed by atoms with Crippen LogP contribution in [-0.4, -0.2) is 27.0 Å². The summed E-state index contributed by atoms with van der Waals surface area (Å²) in [5.74, 6) is -1.43. The van der Waals surface area contributed by atoms with Crippen molar-refractivity contribution < 1.29 is 15.0 Å². The lowest BCUT2D eigenvalue weighted by Gasteiger charge is -2.04. The largest absolute Gasteiger partial charge is 0.507 e. The number of benzene rings is 1. The molecule has 0 atom stereocenters. The summed E-state index contributed by atoms with van der Waals surface area (Å²) in [6.07, 6.45) is 1.71. The number of nitrogens with zero attached hydrogens (tertiary/aromatic N) is 2. The number of carbonyl (C=O) groups is 1. The van der Waals surface area contributed by atoms with Crippen LogP contribution in [0.3, 0.4) is 0 Å². The van der Waals surface area contributed by atoms with Crippen LogP contribution in [0, 0.1) is 13.8 Å². The summed E-state index contributed by atoms with van der Waals surface area (Å²) >= 11 is 0. The predicted octanol–water partition coefficient (Wildman–Crippen LogP) is 3.28. The Morgan fingerprint density at radius 1 is 1.33 bits per heavy atom. The first-order valence-electron chi connectivity index (χ1n) is 6.71. The minimum absolute atomic E-state index is 0.149. The molecule has 0 aliphatic rings. The zero-order valence-corrected chi connectivity index (χ0v) is 12.3. The lowest BCUT2D eigenvalue weighted by molar-refractivity contribution is 0.0694. The van der Waals surface area contributed by atoms with E-state index in [0.29, 0.717) is 5.69 Å². The number of rotatable bonds is 4. The molecule has 2 rings (SSSR count). The molecule has 0 saturated heterocycles. The number of aromatic carboxylic acids is 1. The van der Waals surface area contributed by atoms with E-state index in [2.05, 4.69) is 16.5 Å². The van der Waals surface area contributed by atoms with Crippen LogP contribution < -0.4 is 0 Å². The zero-order chi connectivity index (χ0) is 15.6. The van der Waals surface area contributed by atoms with Crippen molar-refractivity contribution in [3.8, 4) is 5.75 Å². The molecule has 1 aromatic heterocycles. The highest BCUT2D eigenvalue weighted by atomic mass is 16.4. The standard InChI is InChI=1S/C16H18N2O3/c1-4-18-10(2)7-12(11(18)3)9-17-13-5-6-15(19)14(8-13)16(20)21/h5-9,19H,4H2,1-3H3,(H,20,21). The fraction of sp³-hybridized carbons (Fsp3) is 0.250. The summed E-state index contributed by atoms with van der Waals surface area (Å²) in [4.78, 5) is 15.3. The van der Waals surface area contributed by atoms with Crippen molar-refractivity contribution in [3.63, 3.8) is 0 Å². The average Bonchev–Trinajstić information content (AvgIpc) is 2.71. The monoisotopic (exact) mass is 286 g/mol.